The summed E-state index contributed by atoms with van der Waals surface area (Å²) in [4.78, 5) is 40.1. The van der Waals surface area contributed by atoms with Gasteiger partial charge in [0.1, 0.15) is 17.5 Å². The van der Waals surface area contributed by atoms with Crippen LogP contribution in [-0.4, -0.2) is 50.9 Å². The van der Waals surface area contributed by atoms with E-state index in [9.17, 15) is 14.9 Å². The Labute approximate surface area is 257 Å². The van der Waals surface area contributed by atoms with Crippen LogP contribution in [0.1, 0.15) is 62.9 Å². The Kier molecular flexibility index (Phi) is 12.5. The molecule has 42 heavy (non-hydrogen) atoms. The number of aryl methyl sites for hydroxylation is 1. The number of anilines is 2. The largest absolute Gasteiger partial charge is 0.382 e. The Balaban J connectivity index is 0.00000484. The van der Waals surface area contributed by atoms with Gasteiger partial charge in [-0.15, -0.1) is 12.4 Å². The van der Waals surface area contributed by atoms with E-state index in [2.05, 4.69) is 38.5 Å². The van der Waals surface area contributed by atoms with E-state index in [1.807, 2.05) is 18.2 Å². The number of thioether (sulfide) groups is 1. The first-order chi connectivity index (χ1) is 19.9. The van der Waals surface area contributed by atoms with Gasteiger partial charge in [-0.05, 0) is 49.9 Å². The zero-order valence-corrected chi connectivity index (χ0v) is 25.6. The molecule has 222 valence electrons. The number of hydrogen-bond acceptors (Lipinski definition) is 9. The number of halogens is 1. The molecule has 1 unspecified atom stereocenters. The number of nitrogen functional groups attached to an aromatic ring is 1. The summed E-state index contributed by atoms with van der Waals surface area (Å²) in [5.74, 6) is 0.482. The predicted octanol–water partition coefficient (Wildman–Crippen LogP) is 4.94. The summed E-state index contributed by atoms with van der Waals surface area (Å²) < 4.78 is 0. The van der Waals surface area contributed by atoms with Crippen molar-refractivity contribution in [2.75, 3.05) is 24.1 Å². The van der Waals surface area contributed by atoms with Crippen molar-refractivity contribution >= 4 is 47.5 Å². The van der Waals surface area contributed by atoms with Crippen molar-refractivity contribution in [2.24, 2.45) is 0 Å². The van der Waals surface area contributed by atoms with Crippen molar-refractivity contribution in [3.8, 4) is 17.3 Å². The number of amides is 2. The van der Waals surface area contributed by atoms with Crippen molar-refractivity contribution in [3.05, 3.63) is 59.4 Å². The van der Waals surface area contributed by atoms with Crippen LogP contribution in [-0.2, 0) is 21.8 Å². The number of nitriles is 1. The summed E-state index contributed by atoms with van der Waals surface area (Å²) in [6, 6.07) is 14.9. The molecular formula is C30H37ClN8O2S. The van der Waals surface area contributed by atoms with Crippen LogP contribution in [0, 0.1) is 11.3 Å². The summed E-state index contributed by atoms with van der Waals surface area (Å²) in [7, 11) is 0. The Morgan fingerprint density at radius 2 is 1.79 bits per heavy atom. The second-order valence-corrected chi connectivity index (χ2v) is 10.9. The number of carbonyl (C=O) groups excluding carboxylic acids is 2. The van der Waals surface area contributed by atoms with Crippen molar-refractivity contribution in [3.63, 3.8) is 0 Å². The quantitative estimate of drug-likeness (QED) is 0.203. The molecule has 3 aromatic rings. The normalized spacial score (nSPS) is 13.8. The highest BCUT2D eigenvalue weighted by Gasteiger charge is 2.21. The molecule has 0 spiro atoms. The second kappa shape index (κ2) is 16.1. The van der Waals surface area contributed by atoms with Gasteiger partial charge in [0.2, 0.25) is 11.8 Å². The summed E-state index contributed by atoms with van der Waals surface area (Å²) in [6.07, 6.45) is 5.57. The van der Waals surface area contributed by atoms with Gasteiger partial charge in [0.05, 0.1) is 17.6 Å². The zero-order valence-electron chi connectivity index (χ0n) is 23.9. The van der Waals surface area contributed by atoms with Crippen LogP contribution in [0.3, 0.4) is 0 Å². The van der Waals surface area contributed by atoms with E-state index < -0.39 is 0 Å². The Morgan fingerprint density at radius 1 is 1.07 bits per heavy atom. The molecular weight excluding hydrogens is 572 g/mol. The molecule has 0 bridgehead atoms. The van der Waals surface area contributed by atoms with Gasteiger partial charge in [-0.3, -0.25) is 19.5 Å². The molecule has 1 aliphatic rings. The van der Waals surface area contributed by atoms with E-state index in [-0.39, 0.29) is 41.8 Å². The molecule has 1 aliphatic heterocycles. The molecule has 2 amide bonds. The lowest BCUT2D eigenvalue weighted by Gasteiger charge is -2.34. The predicted molar refractivity (Wildman–Crippen MR) is 168 cm³/mol. The van der Waals surface area contributed by atoms with Crippen LogP contribution < -0.4 is 16.4 Å². The van der Waals surface area contributed by atoms with E-state index in [0.717, 1.165) is 30.9 Å². The van der Waals surface area contributed by atoms with Gasteiger partial charge < -0.3 is 16.4 Å². The molecule has 0 radical (unpaired) electrons. The Bertz CT molecular complexity index is 1410. The van der Waals surface area contributed by atoms with E-state index in [1.54, 1.807) is 24.3 Å². The molecule has 0 saturated carbocycles. The molecule has 10 nitrogen and oxygen atoms in total. The number of carbonyl (C=O) groups is 2. The van der Waals surface area contributed by atoms with E-state index in [0.29, 0.717) is 40.7 Å². The van der Waals surface area contributed by atoms with Crippen LogP contribution in [0.4, 0.5) is 11.5 Å². The van der Waals surface area contributed by atoms with E-state index in [1.165, 1.54) is 37.9 Å². The van der Waals surface area contributed by atoms with Gasteiger partial charge in [0, 0.05) is 49.1 Å². The fraction of sp³-hybridized carbons (Fsp3) is 0.400. The van der Waals surface area contributed by atoms with Gasteiger partial charge in [0.15, 0.2) is 5.16 Å². The van der Waals surface area contributed by atoms with Crippen LogP contribution >= 0.6 is 24.2 Å². The molecule has 2 aromatic heterocycles. The molecule has 1 aromatic carbocycles. The lowest BCUT2D eigenvalue weighted by atomic mass is 10.1. The summed E-state index contributed by atoms with van der Waals surface area (Å²) in [5.41, 5.74) is 9.77. The number of piperidine rings is 1. The first kappa shape index (κ1) is 32.8. The Hall–Kier alpha value is -3.72. The van der Waals surface area contributed by atoms with E-state index in [4.69, 9.17) is 10.7 Å². The van der Waals surface area contributed by atoms with E-state index >= 15 is 0 Å². The molecule has 1 atom stereocenters. The lowest BCUT2D eigenvalue weighted by molar-refractivity contribution is -0.123. The number of nitrogens with one attached hydrogen (secondary N) is 2. The molecule has 0 aliphatic carbocycles. The van der Waals surface area contributed by atoms with Crippen molar-refractivity contribution < 1.29 is 9.59 Å². The average molecular weight is 609 g/mol. The second-order valence-electron chi connectivity index (χ2n) is 9.98. The van der Waals surface area contributed by atoms with Crippen LogP contribution in [0.25, 0.3) is 11.3 Å². The molecule has 1 saturated heterocycles. The highest BCUT2D eigenvalue weighted by atomic mass is 35.5. The maximum Gasteiger partial charge on any atom is 0.221 e. The zero-order chi connectivity index (χ0) is 29.2. The number of pyridine rings is 1. The van der Waals surface area contributed by atoms with Gasteiger partial charge in [-0.2, -0.15) is 5.26 Å². The maximum atomic E-state index is 12.7. The topological polar surface area (TPSA) is 150 Å². The number of rotatable bonds is 11. The number of nitrogens with zero attached hydrogens (tertiary/aromatic N) is 5. The number of nitrogens with two attached hydrogens (primary N) is 1. The molecule has 1 fully saturated rings. The van der Waals surface area contributed by atoms with Crippen LogP contribution in [0.5, 0.6) is 0 Å². The summed E-state index contributed by atoms with van der Waals surface area (Å²) in [5, 5.41) is 16.0. The monoisotopic (exact) mass is 608 g/mol. The first-order valence-corrected chi connectivity index (χ1v) is 14.9. The van der Waals surface area contributed by atoms with Crippen molar-refractivity contribution in [1.29, 1.82) is 5.26 Å². The molecule has 3 heterocycles. The summed E-state index contributed by atoms with van der Waals surface area (Å²) in [6.45, 7) is 5.64. The summed E-state index contributed by atoms with van der Waals surface area (Å²) >= 11 is 1.37. The highest BCUT2D eigenvalue weighted by molar-refractivity contribution is 7.98. The van der Waals surface area contributed by atoms with Gasteiger partial charge in [-0.25, -0.2) is 9.97 Å². The third-order valence-electron chi connectivity index (χ3n) is 6.87. The lowest BCUT2D eigenvalue weighted by Crippen LogP contribution is -2.49. The number of benzene rings is 1. The standard InChI is InChI=1S/C30H36N8O2S.ClH/c1-3-26(38-16-5-4-6-17-38)35-27(40)15-14-22-8-7-9-24(34-22)19-41-30-36-28(25(18-31)29(32)37-30)21-10-12-23(13-11-21)33-20(2)39;/h7-13,26H,3-6,14-17,19H2,1-2H3,(H,33,39)(H,35,40)(H2,32,36,37);1H. The van der Waals surface area contributed by atoms with Crippen LogP contribution in [0.15, 0.2) is 47.6 Å². The minimum Gasteiger partial charge on any atom is -0.382 e. The van der Waals surface area contributed by atoms with Gasteiger partial charge >= 0.3 is 0 Å². The maximum absolute atomic E-state index is 12.7. The average Bonchev–Trinajstić information content (AvgIpc) is 2.98. The SMILES string of the molecule is CCC(NC(=O)CCc1cccc(CSc2nc(N)c(C#N)c(-c3ccc(NC(C)=O)cc3)n2)n1)N1CCCCC1.Cl. The van der Waals surface area contributed by atoms with Crippen molar-refractivity contribution in [2.45, 2.75) is 69.4 Å². The smallest absolute Gasteiger partial charge is 0.221 e. The molecule has 4 rings (SSSR count). The third kappa shape index (κ3) is 9.14. The van der Waals surface area contributed by atoms with Crippen LogP contribution in [0.2, 0.25) is 0 Å². The van der Waals surface area contributed by atoms with Crippen molar-refractivity contribution in [1.82, 2.24) is 25.2 Å². The Morgan fingerprint density at radius 3 is 2.45 bits per heavy atom. The fourth-order valence-electron chi connectivity index (χ4n) is 4.82. The third-order valence-corrected chi connectivity index (χ3v) is 7.76. The van der Waals surface area contributed by atoms with Gasteiger partial charge in [-0.1, -0.05) is 43.3 Å². The fourth-order valence-corrected chi connectivity index (χ4v) is 5.58. The highest BCUT2D eigenvalue weighted by Crippen LogP contribution is 2.29. The number of likely N-dealkylation sites (tertiary alicyclic amines) is 1. The number of hydrogen-bond donors (Lipinski definition) is 3. The van der Waals surface area contributed by atoms with Gasteiger partial charge in [0.25, 0.3) is 0 Å². The molecule has 12 heteroatoms. The first-order valence-electron chi connectivity index (χ1n) is 13.9. The number of aromatic nitrogens is 3. The molecule has 4 N–H and O–H groups in total. The minimum absolute atomic E-state index is 0. The minimum atomic E-state index is -0.167.